The van der Waals surface area contributed by atoms with Gasteiger partial charge in [0.1, 0.15) is 11.9 Å². The van der Waals surface area contributed by atoms with Gasteiger partial charge in [-0.3, -0.25) is 0 Å². The highest BCUT2D eigenvalue weighted by Gasteiger charge is 2.16. The second-order valence-electron chi connectivity index (χ2n) is 4.59. The third-order valence-corrected chi connectivity index (χ3v) is 3.34. The van der Waals surface area contributed by atoms with Gasteiger partial charge in [0, 0.05) is 29.7 Å². The molecule has 2 heterocycles. The van der Waals surface area contributed by atoms with Gasteiger partial charge >= 0.3 is 0 Å². The Hall–Kier alpha value is -1.52. The van der Waals surface area contributed by atoms with E-state index in [1.54, 1.807) is 7.11 Å². The van der Waals surface area contributed by atoms with Crippen LogP contribution < -0.4 is 10.1 Å². The molecule has 0 aliphatic carbocycles. The van der Waals surface area contributed by atoms with E-state index in [2.05, 4.69) is 16.4 Å². The van der Waals surface area contributed by atoms with Gasteiger partial charge in [0.15, 0.2) is 0 Å². The van der Waals surface area contributed by atoms with Gasteiger partial charge in [0.05, 0.1) is 7.11 Å². The second kappa shape index (κ2) is 5.00. The van der Waals surface area contributed by atoms with Crippen LogP contribution in [0.2, 0.25) is 0 Å². The molecule has 1 saturated heterocycles. The number of aromatic nitrogens is 1. The van der Waals surface area contributed by atoms with Gasteiger partial charge in [-0.05, 0) is 37.2 Å². The van der Waals surface area contributed by atoms with E-state index < -0.39 is 0 Å². The minimum absolute atomic E-state index is 0.117. The molecular formula is C14H18N2O2. The number of H-pyrrole nitrogens is 1. The number of ether oxygens (including phenoxy) is 2. The van der Waals surface area contributed by atoms with Crippen LogP contribution in [-0.4, -0.2) is 31.8 Å². The summed E-state index contributed by atoms with van der Waals surface area (Å²) in [5, 5.41) is 4.56. The van der Waals surface area contributed by atoms with Crippen molar-refractivity contribution >= 4 is 10.9 Å². The zero-order valence-electron chi connectivity index (χ0n) is 10.5. The number of hydrogen-bond acceptors (Lipinski definition) is 3. The monoisotopic (exact) mass is 246 g/mol. The van der Waals surface area contributed by atoms with Crippen molar-refractivity contribution in [3.8, 4) is 5.75 Å². The van der Waals surface area contributed by atoms with Crippen LogP contribution in [-0.2, 0) is 4.74 Å². The van der Waals surface area contributed by atoms with E-state index in [1.807, 2.05) is 18.2 Å². The number of fused-ring (bicyclic) bond motifs is 1. The molecule has 0 bridgehead atoms. The zero-order chi connectivity index (χ0) is 12.4. The predicted octanol–water partition coefficient (Wildman–Crippen LogP) is 2.23. The minimum atomic E-state index is 0.117. The van der Waals surface area contributed by atoms with Crippen molar-refractivity contribution in [2.75, 3.05) is 26.8 Å². The number of methoxy groups -OCH3 is 1. The molecule has 4 heteroatoms. The average molecular weight is 246 g/mol. The maximum absolute atomic E-state index is 5.85. The molecule has 1 aromatic heterocycles. The molecule has 2 N–H and O–H groups in total. The highest BCUT2D eigenvalue weighted by atomic mass is 16.5. The fraction of sp³-hybridized carbons (Fsp3) is 0.429. The SMILES string of the molecule is COc1ccc2[nH]c(C3CNCCCO3)cc2c1. The van der Waals surface area contributed by atoms with E-state index in [4.69, 9.17) is 9.47 Å². The van der Waals surface area contributed by atoms with Crippen LogP contribution in [0.15, 0.2) is 24.3 Å². The number of rotatable bonds is 2. The summed E-state index contributed by atoms with van der Waals surface area (Å²) in [5.41, 5.74) is 2.26. The molecule has 1 fully saturated rings. The lowest BCUT2D eigenvalue weighted by Gasteiger charge is -2.12. The van der Waals surface area contributed by atoms with Crippen molar-refractivity contribution in [3.63, 3.8) is 0 Å². The lowest BCUT2D eigenvalue weighted by atomic mass is 10.2. The first-order chi connectivity index (χ1) is 8.86. The fourth-order valence-corrected chi connectivity index (χ4v) is 2.35. The second-order valence-corrected chi connectivity index (χ2v) is 4.59. The van der Waals surface area contributed by atoms with Crippen LogP contribution >= 0.6 is 0 Å². The quantitative estimate of drug-likeness (QED) is 0.854. The maximum atomic E-state index is 5.85. The van der Waals surface area contributed by atoms with Gasteiger partial charge in [0.2, 0.25) is 0 Å². The van der Waals surface area contributed by atoms with Crippen molar-refractivity contribution in [1.29, 1.82) is 0 Å². The Bertz CT molecular complexity index is 528. The molecule has 1 unspecified atom stereocenters. The van der Waals surface area contributed by atoms with Gasteiger partial charge in [-0.25, -0.2) is 0 Å². The van der Waals surface area contributed by atoms with E-state index in [9.17, 15) is 0 Å². The Labute approximate surface area is 106 Å². The van der Waals surface area contributed by atoms with Gasteiger partial charge < -0.3 is 19.8 Å². The van der Waals surface area contributed by atoms with Crippen LogP contribution in [0.5, 0.6) is 5.75 Å². The molecule has 0 amide bonds. The number of aromatic amines is 1. The topological polar surface area (TPSA) is 46.3 Å². The summed E-state index contributed by atoms with van der Waals surface area (Å²) in [5.74, 6) is 0.882. The van der Waals surface area contributed by atoms with Crippen molar-refractivity contribution in [2.45, 2.75) is 12.5 Å². The molecule has 0 spiro atoms. The summed E-state index contributed by atoms with van der Waals surface area (Å²) in [6.07, 6.45) is 1.19. The Morgan fingerprint density at radius 1 is 1.33 bits per heavy atom. The minimum Gasteiger partial charge on any atom is -0.497 e. The van der Waals surface area contributed by atoms with E-state index in [1.165, 1.54) is 0 Å². The molecule has 3 rings (SSSR count). The van der Waals surface area contributed by atoms with Crippen molar-refractivity contribution in [2.24, 2.45) is 0 Å². The van der Waals surface area contributed by atoms with Crippen molar-refractivity contribution in [1.82, 2.24) is 10.3 Å². The van der Waals surface area contributed by atoms with Crippen molar-refractivity contribution < 1.29 is 9.47 Å². The number of benzene rings is 1. The van der Waals surface area contributed by atoms with Gasteiger partial charge in [0.25, 0.3) is 0 Å². The average Bonchev–Trinajstić information content (AvgIpc) is 2.63. The lowest BCUT2D eigenvalue weighted by molar-refractivity contribution is 0.0644. The first kappa shape index (κ1) is 11.6. The molecule has 1 aliphatic rings. The predicted molar refractivity (Wildman–Crippen MR) is 71.0 cm³/mol. The molecule has 0 saturated carbocycles. The molecule has 4 nitrogen and oxygen atoms in total. The summed E-state index contributed by atoms with van der Waals surface area (Å²) >= 11 is 0. The summed E-state index contributed by atoms with van der Waals surface area (Å²) in [4.78, 5) is 3.42. The molecular weight excluding hydrogens is 228 g/mol. The summed E-state index contributed by atoms with van der Waals surface area (Å²) in [7, 11) is 1.69. The largest absolute Gasteiger partial charge is 0.497 e. The first-order valence-corrected chi connectivity index (χ1v) is 6.36. The smallest absolute Gasteiger partial charge is 0.119 e. The van der Waals surface area contributed by atoms with Gasteiger partial charge in [-0.1, -0.05) is 0 Å². The van der Waals surface area contributed by atoms with E-state index in [0.717, 1.165) is 48.5 Å². The number of nitrogens with one attached hydrogen (secondary N) is 2. The molecule has 96 valence electrons. The van der Waals surface area contributed by atoms with Crippen LogP contribution in [0, 0.1) is 0 Å². The zero-order valence-corrected chi connectivity index (χ0v) is 10.5. The number of hydrogen-bond donors (Lipinski definition) is 2. The van der Waals surface area contributed by atoms with Crippen LogP contribution in [0.3, 0.4) is 0 Å². The van der Waals surface area contributed by atoms with Gasteiger partial charge in [-0.2, -0.15) is 0 Å². The van der Waals surface area contributed by atoms with Crippen LogP contribution in [0.1, 0.15) is 18.2 Å². The highest BCUT2D eigenvalue weighted by molar-refractivity contribution is 5.82. The third kappa shape index (κ3) is 2.21. The molecule has 1 aliphatic heterocycles. The van der Waals surface area contributed by atoms with Crippen LogP contribution in [0.25, 0.3) is 10.9 Å². The standard InChI is InChI=1S/C14H18N2O2/c1-17-11-3-4-12-10(7-11)8-13(16-12)14-9-15-5-2-6-18-14/h3-4,7-8,14-16H,2,5-6,9H2,1H3. The molecule has 1 aromatic carbocycles. The lowest BCUT2D eigenvalue weighted by Crippen LogP contribution is -2.20. The maximum Gasteiger partial charge on any atom is 0.119 e. The summed E-state index contributed by atoms with van der Waals surface area (Å²) < 4.78 is 11.1. The van der Waals surface area contributed by atoms with E-state index in [0.29, 0.717) is 0 Å². The highest BCUT2D eigenvalue weighted by Crippen LogP contribution is 2.26. The van der Waals surface area contributed by atoms with Crippen molar-refractivity contribution in [3.05, 3.63) is 30.0 Å². The fourth-order valence-electron chi connectivity index (χ4n) is 2.35. The molecule has 2 aromatic rings. The molecule has 18 heavy (non-hydrogen) atoms. The molecule has 1 atom stereocenters. The third-order valence-electron chi connectivity index (χ3n) is 3.34. The van der Waals surface area contributed by atoms with Crippen LogP contribution in [0.4, 0.5) is 0 Å². The Morgan fingerprint density at radius 3 is 3.17 bits per heavy atom. The summed E-state index contributed by atoms with van der Waals surface area (Å²) in [6, 6.07) is 8.20. The van der Waals surface area contributed by atoms with Gasteiger partial charge in [-0.15, -0.1) is 0 Å². The summed E-state index contributed by atoms with van der Waals surface area (Å²) in [6.45, 7) is 2.71. The normalized spacial score (nSPS) is 20.8. The Kier molecular flexibility index (Phi) is 3.21. The van der Waals surface area contributed by atoms with E-state index in [-0.39, 0.29) is 6.10 Å². The Morgan fingerprint density at radius 2 is 2.28 bits per heavy atom. The first-order valence-electron chi connectivity index (χ1n) is 6.36. The van der Waals surface area contributed by atoms with E-state index >= 15 is 0 Å². The molecule has 0 radical (unpaired) electrons. The Balaban J connectivity index is 1.91.